The lowest BCUT2D eigenvalue weighted by molar-refractivity contribution is 0.553. The van der Waals surface area contributed by atoms with E-state index < -0.39 is 10.0 Å². The molecule has 0 heterocycles. The molecule has 1 fully saturated rings. The lowest BCUT2D eigenvalue weighted by Gasteiger charge is -2.19. The predicted molar refractivity (Wildman–Crippen MR) is 53.0 cm³/mol. The molecule has 0 aromatic rings. The largest absolute Gasteiger partial charge is 0.244 e. The van der Waals surface area contributed by atoms with Crippen molar-refractivity contribution in [1.82, 2.24) is 4.83 Å². The smallest absolute Gasteiger partial charge is 0.206 e. The Hall–Kier alpha value is -0.580. The van der Waals surface area contributed by atoms with Crippen LogP contribution in [0.3, 0.4) is 0 Å². The molecule has 76 valence electrons. The maximum atomic E-state index is 10.8. The van der Waals surface area contributed by atoms with Crippen LogP contribution < -0.4 is 4.83 Å². The Balaban J connectivity index is 2.59. The monoisotopic (exact) mass is 204 g/mol. The third kappa shape index (κ3) is 3.76. The number of sulfonamides is 1. The van der Waals surface area contributed by atoms with Gasteiger partial charge in [-0.05, 0) is 25.2 Å². The minimum atomic E-state index is -3.18. The fourth-order valence-electron chi connectivity index (χ4n) is 1.48. The van der Waals surface area contributed by atoms with Crippen molar-refractivity contribution >= 4 is 15.7 Å². The second-order valence-electron chi connectivity index (χ2n) is 3.61. The van der Waals surface area contributed by atoms with Crippen molar-refractivity contribution in [2.75, 3.05) is 6.26 Å². The number of hydrazone groups is 1. The highest BCUT2D eigenvalue weighted by Gasteiger charge is 2.16. The number of nitrogens with one attached hydrogen (secondary N) is 1. The molecule has 0 saturated heterocycles. The molecule has 5 heteroatoms. The second kappa shape index (κ2) is 4.09. The van der Waals surface area contributed by atoms with Gasteiger partial charge in [-0.1, -0.05) is 13.3 Å². The van der Waals surface area contributed by atoms with Crippen molar-refractivity contribution < 1.29 is 8.42 Å². The van der Waals surface area contributed by atoms with Crippen LogP contribution in [0, 0.1) is 5.92 Å². The first kappa shape index (κ1) is 10.5. The number of hydrogen-bond acceptors (Lipinski definition) is 3. The van der Waals surface area contributed by atoms with Gasteiger partial charge in [-0.3, -0.25) is 0 Å². The highest BCUT2D eigenvalue weighted by molar-refractivity contribution is 7.88. The van der Waals surface area contributed by atoms with Gasteiger partial charge in [-0.15, -0.1) is 0 Å². The van der Waals surface area contributed by atoms with E-state index in [0.717, 1.165) is 31.2 Å². The molecular formula is C8H16N2O2S. The Bertz CT molecular complexity index is 295. The Morgan fingerprint density at radius 2 is 2.15 bits per heavy atom. The van der Waals surface area contributed by atoms with Crippen molar-refractivity contribution in [2.45, 2.75) is 32.6 Å². The molecule has 1 rings (SSSR count). The minimum Gasteiger partial charge on any atom is -0.206 e. The topological polar surface area (TPSA) is 58.5 Å². The maximum Gasteiger partial charge on any atom is 0.244 e. The van der Waals surface area contributed by atoms with Crippen LogP contribution in [0.5, 0.6) is 0 Å². The Labute approximate surface area is 79.5 Å². The van der Waals surface area contributed by atoms with Crippen LogP contribution in [-0.2, 0) is 10.0 Å². The number of rotatable bonds is 2. The second-order valence-corrected chi connectivity index (χ2v) is 5.34. The summed E-state index contributed by atoms with van der Waals surface area (Å²) in [4.78, 5) is 2.18. The number of hydrogen-bond donors (Lipinski definition) is 1. The van der Waals surface area contributed by atoms with Gasteiger partial charge >= 0.3 is 0 Å². The van der Waals surface area contributed by atoms with Crippen LogP contribution >= 0.6 is 0 Å². The fourth-order valence-corrected chi connectivity index (χ4v) is 1.76. The molecule has 0 unspecified atom stereocenters. The summed E-state index contributed by atoms with van der Waals surface area (Å²) in [5.74, 6) is 0.419. The van der Waals surface area contributed by atoms with E-state index in [4.69, 9.17) is 0 Å². The van der Waals surface area contributed by atoms with E-state index >= 15 is 0 Å². The zero-order chi connectivity index (χ0) is 9.90. The molecule has 0 aromatic heterocycles. The van der Waals surface area contributed by atoms with E-state index in [2.05, 4.69) is 16.9 Å². The molecule has 1 N–H and O–H groups in total. The van der Waals surface area contributed by atoms with Crippen molar-refractivity contribution in [2.24, 2.45) is 11.0 Å². The molecule has 1 aliphatic rings. The fraction of sp³-hybridized carbons (Fsp3) is 0.875. The van der Waals surface area contributed by atoms with Crippen molar-refractivity contribution in [3.05, 3.63) is 0 Å². The van der Waals surface area contributed by atoms with E-state index in [9.17, 15) is 8.42 Å². The summed E-state index contributed by atoms with van der Waals surface area (Å²) in [6.07, 6.45) is 5.49. The average molecular weight is 204 g/mol. The van der Waals surface area contributed by atoms with Crippen LogP contribution in [-0.4, -0.2) is 20.4 Å². The molecule has 0 amide bonds. The van der Waals surface area contributed by atoms with Crippen LogP contribution in [0.2, 0.25) is 0 Å². The first-order chi connectivity index (χ1) is 5.99. The molecular weight excluding hydrogens is 188 g/mol. The Morgan fingerprint density at radius 3 is 2.69 bits per heavy atom. The molecule has 0 spiro atoms. The van der Waals surface area contributed by atoms with Gasteiger partial charge in [0, 0.05) is 5.71 Å². The summed E-state index contributed by atoms with van der Waals surface area (Å²) in [7, 11) is -3.18. The molecule has 1 saturated carbocycles. The minimum absolute atomic E-state index is 0.419. The summed E-state index contributed by atoms with van der Waals surface area (Å²) in [6.45, 7) is 2.09. The maximum absolute atomic E-state index is 10.8. The summed E-state index contributed by atoms with van der Waals surface area (Å²) in [6, 6.07) is 0. The highest BCUT2D eigenvalue weighted by Crippen LogP contribution is 2.20. The van der Waals surface area contributed by atoms with Crippen LogP contribution in [0.25, 0.3) is 0 Å². The zero-order valence-electron chi connectivity index (χ0n) is 8.08. The first-order valence-electron chi connectivity index (χ1n) is 4.52. The Morgan fingerprint density at radius 1 is 1.46 bits per heavy atom. The zero-order valence-corrected chi connectivity index (χ0v) is 8.89. The predicted octanol–water partition coefficient (Wildman–Crippen LogP) is 1.10. The number of nitrogens with zero attached hydrogens (tertiary/aromatic N) is 1. The van der Waals surface area contributed by atoms with Gasteiger partial charge in [0.05, 0.1) is 6.26 Å². The molecule has 13 heavy (non-hydrogen) atoms. The molecule has 4 nitrogen and oxygen atoms in total. The quantitative estimate of drug-likeness (QED) is 0.685. The standard InChI is InChI=1S/C8H16N2O2S/c1-7-5-3-4-6-8(7)9-10-13(2,11)12/h7,10H,3-6H2,1-2H3/b9-8-/t7-/m0/s1. The Kier molecular flexibility index (Phi) is 3.30. The molecule has 0 radical (unpaired) electrons. The SMILES string of the molecule is C[C@H]1CCCC/C1=N/NS(C)(=O)=O. The van der Waals surface area contributed by atoms with E-state index in [0.29, 0.717) is 5.92 Å². The van der Waals surface area contributed by atoms with Gasteiger partial charge in [-0.2, -0.15) is 5.10 Å². The van der Waals surface area contributed by atoms with Gasteiger partial charge in [0.25, 0.3) is 0 Å². The molecule has 0 aliphatic heterocycles. The molecule has 0 bridgehead atoms. The molecule has 1 atom stereocenters. The van der Waals surface area contributed by atoms with E-state index in [1.165, 1.54) is 6.42 Å². The molecule has 0 aromatic carbocycles. The summed E-state index contributed by atoms with van der Waals surface area (Å²) < 4.78 is 21.5. The third-order valence-corrected chi connectivity index (χ3v) is 2.67. The van der Waals surface area contributed by atoms with E-state index in [1.54, 1.807) is 0 Å². The van der Waals surface area contributed by atoms with Crippen molar-refractivity contribution in [1.29, 1.82) is 0 Å². The van der Waals surface area contributed by atoms with Crippen LogP contribution in [0.15, 0.2) is 5.10 Å². The highest BCUT2D eigenvalue weighted by atomic mass is 32.2. The lowest BCUT2D eigenvalue weighted by atomic mass is 9.89. The van der Waals surface area contributed by atoms with Gasteiger partial charge in [0.1, 0.15) is 0 Å². The van der Waals surface area contributed by atoms with Gasteiger partial charge in [-0.25, -0.2) is 13.2 Å². The third-order valence-electron chi connectivity index (χ3n) is 2.24. The van der Waals surface area contributed by atoms with Crippen molar-refractivity contribution in [3.63, 3.8) is 0 Å². The van der Waals surface area contributed by atoms with Crippen molar-refractivity contribution in [3.8, 4) is 0 Å². The molecule has 1 aliphatic carbocycles. The van der Waals surface area contributed by atoms with Gasteiger partial charge in [0.15, 0.2) is 0 Å². The van der Waals surface area contributed by atoms with Gasteiger partial charge < -0.3 is 0 Å². The first-order valence-corrected chi connectivity index (χ1v) is 6.41. The summed E-state index contributed by atoms with van der Waals surface area (Å²) in [5.41, 5.74) is 0.983. The summed E-state index contributed by atoms with van der Waals surface area (Å²) >= 11 is 0. The van der Waals surface area contributed by atoms with Crippen LogP contribution in [0.1, 0.15) is 32.6 Å². The van der Waals surface area contributed by atoms with Crippen LogP contribution in [0.4, 0.5) is 0 Å². The lowest BCUT2D eigenvalue weighted by Crippen LogP contribution is -2.23. The average Bonchev–Trinajstić information content (AvgIpc) is 2.01. The summed E-state index contributed by atoms with van der Waals surface area (Å²) in [5, 5.41) is 3.91. The van der Waals surface area contributed by atoms with E-state index in [-0.39, 0.29) is 0 Å². The van der Waals surface area contributed by atoms with E-state index in [1.807, 2.05) is 0 Å². The normalized spacial score (nSPS) is 27.5. The van der Waals surface area contributed by atoms with Gasteiger partial charge in [0.2, 0.25) is 10.0 Å².